The lowest BCUT2D eigenvalue weighted by Gasteiger charge is -2.12. The molecule has 0 unspecified atom stereocenters. The number of rotatable bonds is 5. The summed E-state index contributed by atoms with van der Waals surface area (Å²) in [6, 6.07) is 3.85. The molecular formula is C15H20N4O2. The number of carbonyl (C=O) groups excluding carboxylic acids is 1. The number of pyridine rings is 1. The smallest absolute Gasteiger partial charge is 0.224 e. The zero-order valence-corrected chi connectivity index (χ0v) is 12.8. The van der Waals surface area contributed by atoms with Gasteiger partial charge in [0.05, 0.1) is 12.1 Å². The Balaban J connectivity index is 1.94. The van der Waals surface area contributed by atoms with E-state index < -0.39 is 0 Å². The molecular weight excluding hydrogens is 268 g/mol. The van der Waals surface area contributed by atoms with Crippen LogP contribution >= 0.6 is 0 Å². The minimum atomic E-state index is -0.0485. The lowest BCUT2D eigenvalue weighted by atomic mass is 10.1. The average molecular weight is 288 g/mol. The zero-order valence-electron chi connectivity index (χ0n) is 12.8. The zero-order chi connectivity index (χ0) is 15.4. The highest BCUT2D eigenvalue weighted by atomic mass is 16.5. The van der Waals surface area contributed by atoms with Crippen LogP contribution in [0, 0.1) is 13.8 Å². The topological polar surface area (TPSA) is 71.3 Å². The Hall–Kier alpha value is -2.37. The SMILES string of the molecule is Cc1noc(C)c1CC(=O)NCc1ccnc(N(C)C)c1. The van der Waals surface area contributed by atoms with E-state index in [1.165, 1.54) is 0 Å². The van der Waals surface area contributed by atoms with Crippen LogP contribution in [-0.2, 0) is 17.8 Å². The summed E-state index contributed by atoms with van der Waals surface area (Å²) in [7, 11) is 3.87. The van der Waals surface area contributed by atoms with E-state index in [0.717, 1.165) is 22.6 Å². The maximum absolute atomic E-state index is 12.0. The Kier molecular flexibility index (Phi) is 4.57. The Morgan fingerprint density at radius 3 is 2.76 bits per heavy atom. The van der Waals surface area contributed by atoms with Crippen molar-refractivity contribution >= 4 is 11.7 Å². The van der Waals surface area contributed by atoms with E-state index in [0.29, 0.717) is 12.3 Å². The molecule has 0 radical (unpaired) electrons. The third kappa shape index (κ3) is 3.81. The fourth-order valence-corrected chi connectivity index (χ4v) is 1.99. The third-order valence-electron chi connectivity index (χ3n) is 3.28. The van der Waals surface area contributed by atoms with Crippen LogP contribution in [0.5, 0.6) is 0 Å². The highest BCUT2D eigenvalue weighted by Gasteiger charge is 2.13. The van der Waals surface area contributed by atoms with Crippen LogP contribution in [0.1, 0.15) is 22.6 Å². The van der Waals surface area contributed by atoms with Crippen molar-refractivity contribution in [2.24, 2.45) is 0 Å². The van der Waals surface area contributed by atoms with E-state index in [-0.39, 0.29) is 12.3 Å². The van der Waals surface area contributed by atoms with Crippen LogP contribution in [-0.4, -0.2) is 30.1 Å². The summed E-state index contributed by atoms with van der Waals surface area (Å²) in [6.45, 7) is 4.13. The molecule has 0 aliphatic rings. The number of amides is 1. The largest absolute Gasteiger partial charge is 0.363 e. The molecule has 0 saturated heterocycles. The molecule has 6 nitrogen and oxygen atoms in total. The maximum Gasteiger partial charge on any atom is 0.224 e. The first kappa shape index (κ1) is 15.0. The minimum Gasteiger partial charge on any atom is -0.363 e. The summed E-state index contributed by atoms with van der Waals surface area (Å²) < 4.78 is 5.06. The molecule has 0 saturated carbocycles. The van der Waals surface area contributed by atoms with Gasteiger partial charge in [-0.1, -0.05) is 5.16 Å². The van der Waals surface area contributed by atoms with Gasteiger partial charge in [-0.2, -0.15) is 0 Å². The van der Waals surface area contributed by atoms with Gasteiger partial charge in [-0.25, -0.2) is 4.98 Å². The van der Waals surface area contributed by atoms with Gasteiger partial charge in [0.15, 0.2) is 0 Å². The maximum atomic E-state index is 12.0. The summed E-state index contributed by atoms with van der Waals surface area (Å²) in [5, 5.41) is 6.75. The van der Waals surface area contributed by atoms with Gasteiger partial charge in [0.2, 0.25) is 5.91 Å². The lowest BCUT2D eigenvalue weighted by molar-refractivity contribution is -0.120. The number of carbonyl (C=O) groups is 1. The molecule has 21 heavy (non-hydrogen) atoms. The highest BCUT2D eigenvalue weighted by molar-refractivity contribution is 5.79. The molecule has 0 atom stereocenters. The van der Waals surface area contributed by atoms with Crippen LogP contribution in [0.3, 0.4) is 0 Å². The molecule has 0 aliphatic heterocycles. The fourth-order valence-electron chi connectivity index (χ4n) is 1.99. The molecule has 112 valence electrons. The second kappa shape index (κ2) is 6.39. The van der Waals surface area contributed by atoms with Gasteiger partial charge in [-0.05, 0) is 31.5 Å². The van der Waals surface area contributed by atoms with Gasteiger partial charge in [-0.3, -0.25) is 4.79 Å². The number of nitrogens with one attached hydrogen (secondary N) is 1. The van der Waals surface area contributed by atoms with Gasteiger partial charge in [0, 0.05) is 32.4 Å². The fraction of sp³-hybridized carbons (Fsp3) is 0.400. The summed E-state index contributed by atoms with van der Waals surface area (Å²) in [6.07, 6.45) is 2.03. The van der Waals surface area contributed by atoms with Crippen molar-refractivity contribution < 1.29 is 9.32 Å². The van der Waals surface area contributed by atoms with E-state index in [9.17, 15) is 4.79 Å². The van der Waals surface area contributed by atoms with Gasteiger partial charge < -0.3 is 14.7 Å². The normalized spacial score (nSPS) is 10.5. The summed E-state index contributed by atoms with van der Waals surface area (Å²) in [5.74, 6) is 1.52. The van der Waals surface area contributed by atoms with Gasteiger partial charge in [-0.15, -0.1) is 0 Å². The predicted octanol–water partition coefficient (Wildman–Crippen LogP) is 1.61. The van der Waals surface area contributed by atoms with E-state index in [1.807, 2.05) is 45.0 Å². The average Bonchev–Trinajstić information content (AvgIpc) is 2.77. The van der Waals surface area contributed by atoms with Gasteiger partial charge >= 0.3 is 0 Å². The van der Waals surface area contributed by atoms with Crippen molar-refractivity contribution in [2.75, 3.05) is 19.0 Å². The van der Waals surface area contributed by atoms with Gasteiger partial charge in [0.1, 0.15) is 11.6 Å². The summed E-state index contributed by atoms with van der Waals surface area (Å²) in [5.41, 5.74) is 2.64. The first-order valence-electron chi connectivity index (χ1n) is 6.78. The van der Waals surface area contributed by atoms with Crippen LogP contribution in [0.2, 0.25) is 0 Å². The lowest BCUT2D eigenvalue weighted by Crippen LogP contribution is -2.25. The molecule has 0 bridgehead atoms. The molecule has 2 heterocycles. The predicted molar refractivity (Wildman–Crippen MR) is 80.1 cm³/mol. The Morgan fingerprint density at radius 2 is 2.14 bits per heavy atom. The molecule has 0 aromatic carbocycles. The molecule has 0 fully saturated rings. The van der Waals surface area contributed by atoms with Crippen molar-refractivity contribution in [3.05, 3.63) is 40.9 Å². The Morgan fingerprint density at radius 1 is 1.38 bits per heavy atom. The van der Waals surface area contributed by atoms with Gasteiger partial charge in [0.25, 0.3) is 0 Å². The molecule has 1 N–H and O–H groups in total. The summed E-state index contributed by atoms with van der Waals surface area (Å²) in [4.78, 5) is 18.2. The number of anilines is 1. The van der Waals surface area contributed by atoms with Crippen molar-refractivity contribution in [1.29, 1.82) is 0 Å². The quantitative estimate of drug-likeness (QED) is 0.905. The molecule has 2 rings (SSSR count). The monoisotopic (exact) mass is 288 g/mol. The van der Waals surface area contributed by atoms with Crippen LogP contribution in [0.25, 0.3) is 0 Å². The van der Waals surface area contributed by atoms with Crippen LogP contribution in [0.15, 0.2) is 22.9 Å². The number of aryl methyl sites for hydroxylation is 2. The second-order valence-corrected chi connectivity index (χ2v) is 5.17. The molecule has 0 aliphatic carbocycles. The van der Waals surface area contributed by atoms with Crippen molar-refractivity contribution in [1.82, 2.24) is 15.5 Å². The first-order chi connectivity index (χ1) is 9.97. The summed E-state index contributed by atoms with van der Waals surface area (Å²) >= 11 is 0. The molecule has 2 aromatic rings. The van der Waals surface area contributed by atoms with E-state index in [4.69, 9.17) is 4.52 Å². The van der Waals surface area contributed by atoms with E-state index >= 15 is 0 Å². The second-order valence-electron chi connectivity index (χ2n) is 5.17. The highest BCUT2D eigenvalue weighted by Crippen LogP contribution is 2.13. The van der Waals surface area contributed by atoms with Crippen molar-refractivity contribution in [3.8, 4) is 0 Å². The standard InChI is InChI=1S/C15H20N4O2/c1-10-13(11(2)21-18-10)8-15(20)17-9-12-5-6-16-14(7-12)19(3)4/h5-7H,8-9H2,1-4H3,(H,17,20). The molecule has 6 heteroatoms. The Bertz CT molecular complexity index is 615. The van der Waals surface area contributed by atoms with Crippen LogP contribution in [0.4, 0.5) is 5.82 Å². The van der Waals surface area contributed by atoms with E-state index in [1.54, 1.807) is 6.20 Å². The van der Waals surface area contributed by atoms with Crippen molar-refractivity contribution in [2.45, 2.75) is 26.8 Å². The first-order valence-corrected chi connectivity index (χ1v) is 6.78. The number of nitrogens with zero attached hydrogens (tertiary/aromatic N) is 3. The van der Waals surface area contributed by atoms with Crippen molar-refractivity contribution in [3.63, 3.8) is 0 Å². The third-order valence-corrected chi connectivity index (χ3v) is 3.28. The minimum absolute atomic E-state index is 0.0485. The number of hydrogen-bond donors (Lipinski definition) is 1. The number of hydrogen-bond acceptors (Lipinski definition) is 5. The van der Waals surface area contributed by atoms with E-state index in [2.05, 4.69) is 15.5 Å². The molecule has 2 aromatic heterocycles. The van der Waals surface area contributed by atoms with Crippen LogP contribution < -0.4 is 10.2 Å². The Labute approximate surface area is 124 Å². The molecule has 0 spiro atoms. The molecule has 1 amide bonds. The number of aromatic nitrogens is 2.